The minimum Gasteiger partial charge on any atom is -0.294 e. The van der Waals surface area contributed by atoms with Crippen molar-refractivity contribution < 1.29 is 9.18 Å². The summed E-state index contributed by atoms with van der Waals surface area (Å²) in [6.45, 7) is 5.58. The molecule has 2 aromatic rings. The lowest BCUT2D eigenvalue weighted by Crippen LogP contribution is -2.04. The summed E-state index contributed by atoms with van der Waals surface area (Å²) in [6.07, 6.45) is 0.238. The first-order chi connectivity index (χ1) is 8.47. The zero-order chi connectivity index (χ0) is 13.3. The molecule has 0 unspecified atom stereocenters. The van der Waals surface area contributed by atoms with E-state index < -0.39 is 0 Å². The monoisotopic (exact) mass is 263 g/mol. The largest absolute Gasteiger partial charge is 0.294 e. The fraction of sp³-hybridized carbons (Fsp3) is 0.286. The number of benzene rings is 1. The number of aromatic nitrogens is 1. The molecule has 18 heavy (non-hydrogen) atoms. The zero-order valence-corrected chi connectivity index (χ0v) is 11.4. The van der Waals surface area contributed by atoms with Crippen LogP contribution in [0.2, 0.25) is 0 Å². The first-order valence-corrected chi connectivity index (χ1v) is 6.51. The molecule has 0 aliphatic rings. The topological polar surface area (TPSA) is 30.0 Å². The van der Waals surface area contributed by atoms with Gasteiger partial charge in [0.1, 0.15) is 10.8 Å². The Labute approximate surface area is 110 Å². The number of Topliss-reactive ketones (excluding diaryl/α,β-unsaturated/α-hetero) is 1. The van der Waals surface area contributed by atoms with Crippen LogP contribution in [0, 0.1) is 26.6 Å². The van der Waals surface area contributed by atoms with Crippen LogP contribution < -0.4 is 0 Å². The highest BCUT2D eigenvalue weighted by atomic mass is 32.1. The third-order valence-corrected chi connectivity index (χ3v) is 3.95. The van der Waals surface area contributed by atoms with Crippen molar-refractivity contribution >= 4 is 17.1 Å². The molecule has 1 aromatic heterocycles. The summed E-state index contributed by atoms with van der Waals surface area (Å²) in [6, 6.07) is 4.58. The fourth-order valence-corrected chi connectivity index (χ4v) is 2.55. The Morgan fingerprint density at radius 2 is 2.06 bits per heavy atom. The summed E-state index contributed by atoms with van der Waals surface area (Å²) in [5, 5.41) is 0.788. The summed E-state index contributed by atoms with van der Waals surface area (Å²) in [4.78, 5) is 17.4. The van der Waals surface area contributed by atoms with E-state index >= 15 is 0 Å². The molecule has 0 amide bonds. The van der Waals surface area contributed by atoms with Gasteiger partial charge in [0, 0.05) is 10.4 Å². The number of nitrogens with zero attached hydrogens (tertiary/aromatic N) is 1. The molecule has 1 heterocycles. The Morgan fingerprint density at radius 3 is 2.61 bits per heavy atom. The van der Waals surface area contributed by atoms with Gasteiger partial charge in [0.2, 0.25) is 0 Å². The standard InChI is InChI=1S/C14H14FNOS/c1-8-4-5-11(6-12(8)15)13(17)7-14-16-9(2)10(3)18-14/h4-6H,7H2,1-3H3. The molecule has 4 heteroatoms. The van der Waals surface area contributed by atoms with Gasteiger partial charge in [0.25, 0.3) is 0 Å². The fourth-order valence-electron chi connectivity index (χ4n) is 1.62. The Balaban J connectivity index is 2.19. The molecule has 2 rings (SSSR count). The number of thiazole rings is 1. The SMILES string of the molecule is Cc1ccc(C(=O)Cc2nc(C)c(C)s2)cc1F. The molecule has 0 aliphatic heterocycles. The smallest absolute Gasteiger partial charge is 0.169 e. The third-order valence-electron chi connectivity index (χ3n) is 2.88. The second-order valence-electron chi connectivity index (χ2n) is 4.31. The lowest BCUT2D eigenvalue weighted by atomic mass is 10.1. The van der Waals surface area contributed by atoms with Crippen molar-refractivity contribution in [3.8, 4) is 0 Å². The van der Waals surface area contributed by atoms with Crippen LogP contribution >= 0.6 is 11.3 Å². The number of aryl methyl sites for hydroxylation is 3. The van der Waals surface area contributed by atoms with Gasteiger partial charge in [0.05, 0.1) is 12.1 Å². The Hall–Kier alpha value is -1.55. The third kappa shape index (κ3) is 2.64. The predicted octanol–water partition coefficient (Wildman–Crippen LogP) is 3.63. The lowest BCUT2D eigenvalue weighted by molar-refractivity contribution is 0.0992. The molecular formula is C14H14FNOS. The van der Waals surface area contributed by atoms with E-state index in [0.29, 0.717) is 11.1 Å². The van der Waals surface area contributed by atoms with Crippen molar-refractivity contribution in [1.82, 2.24) is 4.98 Å². The molecule has 0 radical (unpaired) electrons. The van der Waals surface area contributed by atoms with Crippen LogP contribution in [0.4, 0.5) is 4.39 Å². The zero-order valence-electron chi connectivity index (χ0n) is 10.6. The van der Waals surface area contributed by atoms with E-state index in [-0.39, 0.29) is 18.0 Å². The van der Waals surface area contributed by atoms with Gasteiger partial charge in [-0.2, -0.15) is 0 Å². The van der Waals surface area contributed by atoms with E-state index in [1.165, 1.54) is 17.4 Å². The molecule has 2 nitrogen and oxygen atoms in total. The number of hydrogen-bond donors (Lipinski definition) is 0. The highest BCUT2D eigenvalue weighted by Crippen LogP contribution is 2.19. The maximum atomic E-state index is 13.4. The van der Waals surface area contributed by atoms with Crippen LogP contribution in [0.25, 0.3) is 0 Å². The van der Waals surface area contributed by atoms with E-state index in [2.05, 4.69) is 4.98 Å². The van der Waals surface area contributed by atoms with E-state index in [9.17, 15) is 9.18 Å². The van der Waals surface area contributed by atoms with Crippen molar-refractivity contribution in [2.24, 2.45) is 0 Å². The summed E-state index contributed by atoms with van der Waals surface area (Å²) in [7, 11) is 0. The van der Waals surface area contributed by atoms with Gasteiger partial charge in [-0.3, -0.25) is 4.79 Å². The lowest BCUT2D eigenvalue weighted by Gasteiger charge is -2.01. The van der Waals surface area contributed by atoms with Crippen LogP contribution in [-0.4, -0.2) is 10.8 Å². The average Bonchev–Trinajstić information content (AvgIpc) is 2.61. The van der Waals surface area contributed by atoms with Crippen molar-refractivity contribution in [2.75, 3.05) is 0 Å². The quantitative estimate of drug-likeness (QED) is 0.791. The second kappa shape index (κ2) is 4.98. The van der Waals surface area contributed by atoms with Gasteiger partial charge in [-0.25, -0.2) is 9.37 Å². The molecule has 0 saturated heterocycles. The minimum absolute atomic E-state index is 0.0948. The van der Waals surface area contributed by atoms with E-state index in [1.54, 1.807) is 19.1 Å². The molecule has 1 aromatic carbocycles. The molecule has 94 valence electrons. The maximum Gasteiger partial charge on any atom is 0.169 e. The molecular weight excluding hydrogens is 249 g/mol. The van der Waals surface area contributed by atoms with E-state index in [4.69, 9.17) is 0 Å². The van der Waals surface area contributed by atoms with Gasteiger partial charge < -0.3 is 0 Å². The number of carbonyl (C=O) groups is 1. The maximum absolute atomic E-state index is 13.4. The summed E-state index contributed by atoms with van der Waals surface area (Å²) >= 11 is 1.52. The van der Waals surface area contributed by atoms with Crippen LogP contribution in [0.15, 0.2) is 18.2 Å². The molecule has 0 N–H and O–H groups in total. The highest BCUT2D eigenvalue weighted by Gasteiger charge is 2.12. The van der Waals surface area contributed by atoms with Gasteiger partial charge in [0.15, 0.2) is 5.78 Å². The van der Waals surface area contributed by atoms with Gasteiger partial charge in [-0.15, -0.1) is 11.3 Å². The Bertz CT molecular complexity index is 584. The second-order valence-corrected chi connectivity index (χ2v) is 5.60. The van der Waals surface area contributed by atoms with E-state index in [1.807, 2.05) is 13.8 Å². The highest BCUT2D eigenvalue weighted by molar-refractivity contribution is 7.11. The molecule has 0 saturated carbocycles. The summed E-state index contributed by atoms with van der Waals surface area (Å²) in [5.74, 6) is -0.435. The van der Waals surface area contributed by atoms with Crippen LogP contribution in [0.1, 0.15) is 31.5 Å². The van der Waals surface area contributed by atoms with Crippen LogP contribution in [0.3, 0.4) is 0 Å². The van der Waals surface area contributed by atoms with Crippen LogP contribution in [-0.2, 0) is 6.42 Å². The van der Waals surface area contributed by atoms with Gasteiger partial charge >= 0.3 is 0 Å². The minimum atomic E-state index is -0.340. The Kier molecular flexibility index (Phi) is 3.57. The number of carbonyl (C=O) groups excluding carboxylic acids is 1. The molecule has 0 atom stereocenters. The first kappa shape index (κ1) is 12.9. The molecule has 0 bridgehead atoms. The number of ketones is 1. The predicted molar refractivity (Wildman–Crippen MR) is 70.8 cm³/mol. The number of halogens is 1. The number of rotatable bonds is 3. The normalized spacial score (nSPS) is 10.7. The van der Waals surface area contributed by atoms with E-state index in [0.717, 1.165) is 15.6 Å². The molecule has 0 aliphatic carbocycles. The molecule has 0 fully saturated rings. The van der Waals surface area contributed by atoms with Crippen molar-refractivity contribution in [3.05, 3.63) is 50.7 Å². The Morgan fingerprint density at radius 1 is 1.33 bits per heavy atom. The van der Waals surface area contributed by atoms with Crippen molar-refractivity contribution in [2.45, 2.75) is 27.2 Å². The summed E-state index contributed by atoms with van der Waals surface area (Å²) in [5.41, 5.74) is 1.91. The first-order valence-electron chi connectivity index (χ1n) is 5.69. The number of hydrogen-bond acceptors (Lipinski definition) is 3. The van der Waals surface area contributed by atoms with Crippen molar-refractivity contribution in [1.29, 1.82) is 0 Å². The van der Waals surface area contributed by atoms with Gasteiger partial charge in [-0.1, -0.05) is 12.1 Å². The van der Waals surface area contributed by atoms with Crippen molar-refractivity contribution in [3.63, 3.8) is 0 Å². The van der Waals surface area contributed by atoms with Crippen LogP contribution in [0.5, 0.6) is 0 Å². The molecule has 0 spiro atoms. The summed E-state index contributed by atoms with van der Waals surface area (Å²) < 4.78 is 13.4. The average molecular weight is 263 g/mol. The van der Waals surface area contributed by atoms with Gasteiger partial charge in [-0.05, 0) is 32.4 Å².